The summed E-state index contributed by atoms with van der Waals surface area (Å²) in [6, 6.07) is 31.6. The lowest BCUT2D eigenvalue weighted by Gasteiger charge is -2.08. The van der Waals surface area contributed by atoms with Crippen molar-refractivity contribution in [2.24, 2.45) is 7.05 Å². The number of aryl methyl sites for hydroxylation is 3. The molecule has 6 aromatic rings. The highest BCUT2D eigenvalue weighted by atomic mass is 16.3. The second-order valence-electron chi connectivity index (χ2n) is 9.04. The number of rotatable bonds is 3. The third kappa shape index (κ3) is 3.39. The zero-order chi connectivity index (χ0) is 27.3. The molecule has 0 atom stereocenters. The van der Waals surface area contributed by atoms with Crippen LogP contribution in [-0.2, 0) is 7.05 Å². The minimum atomic E-state index is -2.34. The van der Waals surface area contributed by atoms with Gasteiger partial charge in [0.2, 0.25) is 5.69 Å². The van der Waals surface area contributed by atoms with E-state index in [-0.39, 0.29) is 5.56 Å². The average molecular weight is 469 g/mol. The number of nitriles is 1. The van der Waals surface area contributed by atoms with E-state index in [0.717, 1.165) is 33.5 Å². The van der Waals surface area contributed by atoms with Crippen LogP contribution >= 0.6 is 0 Å². The van der Waals surface area contributed by atoms with E-state index in [4.69, 9.17) is 8.53 Å². The van der Waals surface area contributed by atoms with Gasteiger partial charge in [-0.25, -0.2) is 4.57 Å². The molecule has 6 rings (SSSR count). The summed E-state index contributed by atoms with van der Waals surface area (Å²) < 4.78 is 33.6. The van der Waals surface area contributed by atoms with Crippen LogP contribution in [0.1, 0.15) is 20.8 Å². The number of fused-ring (bicyclic) bond motifs is 3. The number of pyridine rings is 1. The van der Waals surface area contributed by atoms with E-state index in [2.05, 4.69) is 18.2 Å². The SMILES string of the molecule is [2H]C([2H])([2H])c1cc(C)c(-c2cccc[n+]2C)c2oc3c(-c4ccc(-c5ccccc5)cc4)c(C#N)ccc3c12. The van der Waals surface area contributed by atoms with Gasteiger partial charge in [0.15, 0.2) is 6.20 Å². The Morgan fingerprint density at radius 3 is 2.22 bits per heavy atom. The van der Waals surface area contributed by atoms with E-state index in [1.54, 1.807) is 18.2 Å². The highest BCUT2D eigenvalue weighted by Crippen LogP contribution is 2.43. The van der Waals surface area contributed by atoms with Gasteiger partial charge in [-0.15, -0.1) is 0 Å². The maximum Gasteiger partial charge on any atom is 0.216 e. The first-order chi connectivity index (χ1) is 18.8. The first-order valence-corrected chi connectivity index (χ1v) is 11.8. The normalized spacial score (nSPS) is 12.8. The quantitative estimate of drug-likeness (QED) is 0.248. The summed E-state index contributed by atoms with van der Waals surface area (Å²) in [5.41, 5.74) is 7.92. The van der Waals surface area contributed by atoms with Crippen LogP contribution < -0.4 is 4.57 Å². The number of aromatic nitrogens is 1. The molecular formula is C33H25N2O+. The molecule has 0 bridgehead atoms. The van der Waals surface area contributed by atoms with E-state index in [1.165, 1.54) is 0 Å². The summed E-state index contributed by atoms with van der Waals surface area (Å²) in [5, 5.41) is 11.3. The summed E-state index contributed by atoms with van der Waals surface area (Å²) in [6.45, 7) is -0.434. The largest absolute Gasteiger partial charge is 0.454 e. The van der Waals surface area contributed by atoms with Gasteiger partial charge in [0.1, 0.15) is 18.2 Å². The summed E-state index contributed by atoms with van der Waals surface area (Å²) in [6.07, 6.45) is 1.95. The van der Waals surface area contributed by atoms with Gasteiger partial charge >= 0.3 is 0 Å². The molecule has 3 nitrogen and oxygen atoms in total. The van der Waals surface area contributed by atoms with Crippen molar-refractivity contribution in [3.63, 3.8) is 0 Å². The van der Waals surface area contributed by atoms with Gasteiger partial charge in [-0.2, -0.15) is 5.26 Å². The van der Waals surface area contributed by atoms with Gasteiger partial charge in [-0.1, -0.05) is 60.7 Å². The number of benzene rings is 4. The Hall–Kier alpha value is -4.68. The number of hydrogen-bond acceptors (Lipinski definition) is 2. The van der Waals surface area contributed by atoms with Crippen molar-refractivity contribution in [1.29, 1.82) is 5.26 Å². The molecule has 0 unspecified atom stereocenters. The van der Waals surface area contributed by atoms with Crippen LogP contribution in [0.5, 0.6) is 0 Å². The smallest absolute Gasteiger partial charge is 0.216 e. The van der Waals surface area contributed by atoms with Gasteiger partial charge in [0, 0.05) is 32.6 Å². The van der Waals surface area contributed by atoms with Crippen molar-refractivity contribution >= 4 is 21.9 Å². The molecule has 172 valence electrons. The molecule has 2 aromatic heterocycles. The Kier molecular flexibility index (Phi) is 4.41. The lowest BCUT2D eigenvalue weighted by atomic mass is 9.93. The third-order valence-corrected chi connectivity index (χ3v) is 6.82. The van der Waals surface area contributed by atoms with Gasteiger partial charge in [0.25, 0.3) is 0 Å². The molecule has 4 aromatic carbocycles. The van der Waals surface area contributed by atoms with Crippen molar-refractivity contribution in [2.75, 3.05) is 0 Å². The topological polar surface area (TPSA) is 40.8 Å². The second-order valence-corrected chi connectivity index (χ2v) is 9.04. The van der Waals surface area contributed by atoms with Crippen LogP contribution in [0, 0.1) is 25.1 Å². The van der Waals surface area contributed by atoms with E-state index in [0.29, 0.717) is 33.1 Å². The molecule has 0 N–H and O–H groups in total. The van der Waals surface area contributed by atoms with Crippen LogP contribution in [0.25, 0.3) is 55.4 Å². The molecule has 3 heteroatoms. The summed E-state index contributed by atoms with van der Waals surface area (Å²) >= 11 is 0. The van der Waals surface area contributed by atoms with Gasteiger partial charge in [-0.3, -0.25) is 0 Å². The van der Waals surface area contributed by atoms with Crippen LogP contribution in [0.2, 0.25) is 0 Å². The Labute approximate surface area is 214 Å². The van der Waals surface area contributed by atoms with Gasteiger partial charge in [0.05, 0.1) is 17.2 Å². The Bertz CT molecular complexity index is 1910. The lowest BCUT2D eigenvalue weighted by Crippen LogP contribution is -2.30. The maximum absolute atomic E-state index is 10.1. The van der Waals surface area contributed by atoms with Crippen molar-refractivity contribution in [3.05, 3.63) is 114 Å². The summed E-state index contributed by atoms with van der Waals surface area (Å²) in [5.74, 6) is 0. The predicted molar refractivity (Wildman–Crippen MR) is 145 cm³/mol. The molecule has 0 aliphatic heterocycles. The minimum Gasteiger partial charge on any atom is -0.454 e. The van der Waals surface area contributed by atoms with Crippen LogP contribution in [-0.4, -0.2) is 0 Å². The Morgan fingerprint density at radius 2 is 1.50 bits per heavy atom. The predicted octanol–water partition coefficient (Wildman–Crippen LogP) is 7.90. The molecule has 0 aliphatic rings. The fourth-order valence-electron chi connectivity index (χ4n) is 5.09. The van der Waals surface area contributed by atoms with Crippen molar-refractivity contribution in [1.82, 2.24) is 0 Å². The van der Waals surface area contributed by atoms with Crippen LogP contribution in [0.15, 0.2) is 102 Å². The number of hydrogen-bond donors (Lipinski definition) is 0. The number of furan rings is 1. The number of nitrogens with zero attached hydrogens (tertiary/aromatic N) is 2. The molecule has 0 fully saturated rings. The molecule has 0 aliphatic carbocycles. The average Bonchev–Trinajstić information content (AvgIpc) is 3.32. The highest BCUT2D eigenvalue weighted by Gasteiger charge is 2.24. The lowest BCUT2D eigenvalue weighted by molar-refractivity contribution is -0.660. The fraction of sp³-hybridized carbons (Fsp3) is 0.0909. The first-order valence-electron chi connectivity index (χ1n) is 13.3. The zero-order valence-corrected chi connectivity index (χ0v) is 20.0. The fourth-order valence-corrected chi connectivity index (χ4v) is 5.09. The van der Waals surface area contributed by atoms with E-state index in [1.807, 2.05) is 85.4 Å². The second kappa shape index (κ2) is 8.52. The van der Waals surface area contributed by atoms with E-state index < -0.39 is 6.85 Å². The molecule has 0 saturated heterocycles. The van der Waals surface area contributed by atoms with E-state index in [9.17, 15) is 5.26 Å². The Balaban J connectivity index is 1.69. The highest BCUT2D eigenvalue weighted by molar-refractivity contribution is 6.15. The van der Waals surface area contributed by atoms with Gasteiger partial charge in [-0.05, 0) is 59.8 Å². The molecule has 0 radical (unpaired) electrons. The zero-order valence-electron chi connectivity index (χ0n) is 23.0. The molecule has 36 heavy (non-hydrogen) atoms. The molecule has 2 heterocycles. The summed E-state index contributed by atoms with van der Waals surface area (Å²) in [7, 11) is 1.95. The van der Waals surface area contributed by atoms with Gasteiger partial charge < -0.3 is 4.42 Å². The van der Waals surface area contributed by atoms with Crippen molar-refractivity contribution < 1.29 is 13.1 Å². The molecular weight excluding hydrogens is 440 g/mol. The van der Waals surface area contributed by atoms with Crippen LogP contribution in [0.4, 0.5) is 0 Å². The maximum atomic E-state index is 10.1. The molecule has 0 spiro atoms. The summed E-state index contributed by atoms with van der Waals surface area (Å²) in [4.78, 5) is 0. The van der Waals surface area contributed by atoms with Crippen molar-refractivity contribution in [3.8, 4) is 39.6 Å². The van der Waals surface area contributed by atoms with Crippen molar-refractivity contribution in [2.45, 2.75) is 13.8 Å². The minimum absolute atomic E-state index is 0.242. The molecule has 0 amide bonds. The standard InChI is InChI=1S/C33H25N2O/c1-21-19-22(2)30(28-11-7-8-18-35(28)3)33-29(21)27-17-16-26(20-34)31(32(27)36-33)25-14-12-24(13-15-25)23-9-5-4-6-10-23/h4-19H,1-3H3/q+1/i1D3. The Morgan fingerprint density at radius 1 is 0.778 bits per heavy atom. The first kappa shape index (κ1) is 18.6. The monoisotopic (exact) mass is 468 g/mol. The third-order valence-electron chi connectivity index (χ3n) is 6.82. The van der Waals surface area contributed by atoms with Crippen LogP contribution in [0.3, 0.4) is 0 Å². The van der Waals surface area contributed by atoms with E-state index >= 15 is 0 Å². The molecule has 0 saturated carbocycles.